The summed E-state index contributed by atoms with van der Waals surface area (Å²) in [5, 5.41) is 12.8. The van der Waals surface area contributed by atoms with E-state index in [9.17, 15) is 14.3 Å². The molecular weight excluding hydrogens is 261 g/mol. The Morgan fingerprint density at radius 2 is 2.20 bits per heavy atom. The second-order valence-electron chi connectivity index (χ2n) is 5.33. The Balaban J connectivity index is 1.80. The summed E-state index contributed by atoms with van der Waals surface area (Å²) in [6, 6.07) is 5.86. The number of hydrogen-bond acceptors (Lipinski definition) is 3. The normalized spacial score (nSPS) is 18.6. The predicted molar refractivity (Wildman–Crippen MR) is 72.9 cm³/mol. The van der Waals surface area contributed by atoms with Gasteiger partial charge < -0.3 is 15.2 Å². The number of carbonyl (C=O) groups excluding carboxylic acids is 1. The zero-order chi connectivity index (χ0) is 14.6. The van der Waals surface area contributed by atoms with Gasteiger partial charge in [0.05, 0.1) is 6.54 Å². The minimum Gasteiger partial charge on any atom is -0.489 e. The van der Waals surface area contributed by atoms with Crippen molar-refractivity contribution in [3.8, 4) is 5.75 Å². The van der Waals surface area contributed by atoms with E-state index in [1.807, 2.05) is 0 Å². The molecule has 0 bridgehead atoms. The summed E-state index contributed by atoms with van der Waals surface area (Å²) in [7, 11) is 0. The number of hydrogen-bond donors (Lipinski definition) is 2. The molecule has 1 aromatic carbocycles. The summed E-state index contributed by atoms with van der Waals surface area (Å²) in [5.74, 6) is -0.282. The van der Waals surface area contributed by atoms with Crippen molar-refractivity contribution in [2.75, 3.05) is 6.54 Å². The molecule has 0 radical (unpaired) electrons. The van der Waals surface area contributed by atoms with Crippen LogP contribution in [-0.4, -0.2) is 29.3 Å². The van der Waals surface area contributed by atoms with Gasteiger partial charge in [-0.2, -0.15) is 0 Å². The highest BCUT2D eigenvalue weighted by molar-refractivity contribution is 5.85. The standard InChI is InChI=1S/C15H20FNO3/c1-11(20-13-6-4-5-12(16)9-13)10-17-14(18)15(19)7-2-3-8-15/h4-6,9,11,19H,2-3,7-8,10H2,1H3,(H,17,18). The van der Waals surface area contributed by atoms with Gasteiger partial charge in [0.2, 0.25) is 0 Å². The van der Waals surface area contributed by atoms with Crippen LogP contribution in [0.15, 0.2) is 24.3 Å². The molecular formula is C15H20FNO3. The third-order valence-electron chi connectivity index (χ3n) is 3.54. The molecule has 1 aliphatic carbocycles. The van der Waals surface area contributed by atoms with Gasteiger partial charge in [0.25, 0.3) is 5.91 Å². The van der Waals surface area contributed by atoms with Gasteiger partial charge in [-0.25, -0.2) is 4.39 Å². The smallest absolute Gasteiger partial charge is 0.252 e. The first kappa shape index (κ1) is 14.8. The molecule has 1 atom stereocenters. The van der Waals surface area contributed by atoms with E-state index < -0.39 is 5.60 Å². The van der Waals surface area contributed by atoms with Crippen LogP contribution in [0.4, 0.5) is 4.39 Å². The first-order valence-electron chi connectivity index (χ1n) is 6.92. The molecule has 1 aliphatic rings. The molecule has 2 rings (SSSR count). The quantitative estimate of drug-likeness (QED) is 0.868. The van der Waals surface area contributed by atoms with Crippen LogP contribution in [0, 0.1) is 5.82 Å². The van der Waals surface area contributed by atoms with Crippen molar-refractivity contribution >= 4 is 5.91 Å². The highest BCUT2D eigenvalue weighted by atomic mass is 19.1. The summed E-state index contributed by atoms with van der Waals surface area (Å²) in [6.45, 7) is 2.06. The van der Waals surface area contributed by atoms with Crippen LogP contribution in [0.25, 0.3) is 0 Å². The zero-order valence-corrected chi connectivity index (χ0v) is 11.6. The number of benzene rings is 1. The van der Waals surface area contributed by atoms with Crippen LogP contribution in [0.3, 0.4) is 0 Å². The zero-order valence-electron chi connectivity index (χ0n) is 11.6. The maximum atomic E-state index is 13.0. The maximum absolute atomic E-state index is 13.0. The van der Waals surface area contributed by atoms with Gasteiger partial charge in [0.15, 0.2) is 0 Å². The Morgan fingerprint density at radius 1 is 1.50 bits per heavy atom. The van der Waals surface area contributed by atoms with Crippen LogP contribution >= 0.6 is 0 Å². The van der Waals surface area contributed by atoms with E-state index in [1.165, 1.54) is 12.1 Å². The molecule has 5 heteroatoms. The number of halogens is 1. The van der Waals surface area contributed by atoms with E-state index in [4.69, 9.17) is 4.74 Å². The van der Waals surface area contributed by atoms with Crippen molar-refractivity contribution in [1.82, 2.24) is 5.32 Å². The summed E-state index contributed by atoms with van der Waals surface area (Å²) >= 11 is 0. The van der Waals surface area contributed by atoms with Crippen LogP contribution in [0.2, 0.25) is 0 Å². The number of aliphatic hydroxyl groups is 1. The predicted octanol–water partition coefficient (Wildman–Crippen LogP) is 2.01. The van der Waals surface area contributed by atoms with Crippen LogP contribution in [0.1, 0.15) is 32.6 Å². The molecule has 2 N–H and O–H groups in total. The van der Waals surface area contributed by atoms with Gasteiger partial charge in [-0.05, 0) is 44.7 Å². The van der Waals surface area contributed by atoms with Crippen LogP contribution in [0.5, 0.6) is 5.75 Å². The Bertz CT molecular complexity index is 472. The molecule has 1 saturated carbocycles. The molecule has 1 aromatic rings. The average molecular weight is 281 g/mol. The Kier molecular flexibility index (Phi) is 4.60. The minimum atomic E-state index is -1.22. The van der Waals surface area contributed by atoms with Crippen molar-refractivity contribution in [2.45, 2.75) is 44.3 Å². The third-order valence-corrected chi connectivity index (χ3v) is 3.54. The van der Waals surface area contributed by atoms with Crippen molar-refractivity contribution in [2.24, 2.45) is 0 Å². The second-order valence-corrected chi connectivity index (χ2v) is 5.33. The fourth-order valence-corrected chi connectivity index (χ4v) is 2.40. The van der Waals surface area contributed by atoms with Crippen molar-refractivity contribution < 1.29 is 19.0 Å². The number of nitrogens with one attached hydrogen (secondary N) is 1. The van der Waals surface area contributed by atoms with E-state index in [-0.39, 0.29) is 24.4 Å². The fourth-order valence-electron chi connectivity index (χ4n) is 2.40. The molecule has 20 heavy (non-hydrogen) atoms. The van der Waals surface area contributed by atoms with E-state index in [0.29, 0.717) is 18.6 Å². The van der Waals surface area contributed by atoms with Gasteiger partial charge >= 0.3 is 0 Å². The van der Waals surface area contributed by atoms with E-state index >= 15 is 0 Å². The Morgan fingerprint density at radius 3 is 2.85 bits per heavy atom. The SMILES string of the molecule is CC(CNC(=O)C1(O)CCCC1)Oc1cccc(F)c1. The minimum absolute atomic E-state index is 0.275. The van der Waals surface area contributed by atoms with Crippen molar-refractivity contribution in [3.05, 3.63) is 30.1 Å². The van der Waals surface area contributed by atoms with Gasteiger partial charge in [0.1, 0.15) is 23.3 Å². The lowest BCUT2D eigenvalue weighted by Crippen LogP contribution is -2.47. The largest absolute Gasteiger partial charge is 0.489 e. The molecule has 1 fully saturated rings. The van der Waals surface area contributed by atoms with E-state index in [1.54, 1.807) is 19.1 Å². The Labute approximate surface area is 117 Å². The van der Waals surface area contributed by atoms with Gasteiger partial charge in [-0.1, -0.05) is 6.07 Å². The first-order chi connectivity index (χ1) is 9.49. The monoisotopic (exact) mass is 281 g/mol. The number of amides is 1. The summed E-state index contributed by atoms with van der Waals surface area (Å²) in [4.78, 5) is 11.9. The Hall–Kier alpha value is -1.62. The van der Waals surface area contributed by atoms with E-state index in [2.05, 4.69) is 5.32 Å². The lowest BCUT2D eigenvalue weighted by molar-refractivity contribution is -0.139. The molecule has 0 aromatic heterocycles. The lowest BCUT2D eigenvalue weighted by Gasteiger charge is -2.22. The summed E-state index contributed by atoms with van der Waals surface area (Å²) in [5.41, 5.74) is -1.22. The number of rotatable bonds is 5. The molecule has 4 nitrogen and oxygen atoms in total. The summed E-state index contributed by atoms with van der Waals surface area (Å²) in [6.07, 6.45) is 2.47. The second kappa shape index (κ2) is 6.22. The van der Waals surface area contributed by atoms with Gasteiger partial charge in [-0.3, -0.25) is 4.79 Å². The molecule has 0 saturated heterocycles. The number of ether oxygens (including phenoxy) is 1. The maximum Gasteiger partial charge on any atom is 0.252 e. The molecule has 1 unspecified atom stereocenters. The molecule has 0 spiro atoms. The van der Waals surface area contributed by atoms with Crippen LogP contribution < -0.4 is 10.1 Å². The van der Waals surface area contributed by atoms with Crippen molar-refractivity contribution in [3.63, 3.8) is 0 Å². The molecule has 1 amide bonds. The average Bonchev–Trinajstić information content (AvgIpc) is 2.84. The highest BCUT2D eigenvalue weighted by Crippen LogP contribution is 2.29. The van der Waals surface area contributed by atoms with Gasteiger partial charge in [-0.15, -0.1) is 0 Å². The van der Waals surface area contributed by atoms with E-state index in [0.717, 1.165) is 12.8 Å². The molecule has 110 valence electrons. The topological polar surface area (TPSA) is 58.6 Å². The summed E-state index contributed by atoms with van der Waals surface area (Å²) < 4.78 is 18.5. The van der Waals surface area contributed by atoms with Crippen LogP contribution in [-0.2, 0) is 4.79 Å². The highest BCUT2D eigenvalue weighted by Gasteiger charge is 2.38. The fraction of sp³-hybridized carbons (Fsp3) is 0.533. The number of carbonyl (C=O) groups is 1. The molecule has 0 aliphatic heterocycles. The lowest BCUT2D eigenvalue weighted by atomic mass is 10.0. The first-order valence-corrected chi connectivity index (χ1v) is 6.92. The van der Waals surface area contributed by atoms with Gasteiger partial charge in [0, 0.05) is 6.07 Å². The third kappa shape index (κ3) is 3.70. The molecule has 0 heterocycles. The van der Waals surface area contributed by atoms with Crippen molar-refractivity contribution in [1.29, 1.82) is 0 Å².